The van der Waals surface area contributed by atoms with Crippen LogP contribution in [-0.2, 0) is 16.0 Å². The summed E-state index contributed by atoms with van der Waals surface area (Å²) in [5.74, 6) is -1.95. The molecule has 1 fully saturated rings. The Morgan fingerprint density at radius 3 is 2.37 bits per heavy atom. The van der Waals surface area contributed by atoms with Gasteiger partial charge in [0.05, 0.1) is 12.1 Å². The summed E-state index contributed by atoms with van der Waals surface area (Å²) in [6, 6.07) is 11.7. The second-order valence-electron chi connectivity index (χ2n) is 6.12. The van der Waals surface area contributed by atoms with Crippen molar-refractivity contribution >= 4 is 46.5 Å². The quantitative estimate of drug-likeness (QED) is 0.744. The van der Waals surface area contributed by atoms with Gasteiger partial charge < -0.3 is 10.0 Å². The molecule has 0 radical (unpaired) electrons. The molecule has 1 heterocycles. The lowest BCUT2D eigenvalue weighted by atomic mass is 10.1. The number of carbonyl (C=O) groups excluding carboxylic acids is 1. The summed E-state index contributed by atoms with van der Waals surface area (Å²) < 4.78 is 13.2. The molecule has 2 aromatic carbocycles. The first-order chi connectivity index (χ1) is 12.9. The molecule has 0 aromatic heterocycles. The van der Waals surface area contributed by atoms with Crippen molar-refractivity contribution in [2.45, 2.75) is 18.9 Å². The molecular formula is C19H16ClFN2O3S. The normalized spacial score (nSPS) is 16.9. The minimum atomic E-state index is -1.09. The van der Waals surface area contributed by atoms with Gasteiger partial charge in [-0.25, -0.2) is 4.39 Å². The number of rotatable bonds is 6. The molecule has 0 saturated carbocycles. The summed E-state index contributed by atoms with van der Waals surface area (Å²) in [5.41, 5.74) is 1.40. The van der Waals surface area contributed by atoms with Crippen LogP contribution in [0.15, 0.2) is 48.5 Å². The van der Waals surface area contributed by atoms with Crippen molar-refractivity contribution < 1.29 is 19.1 Å². The van der Waals surface area contributed by atoms with Gasteiger partial charge in [0.25, 0.3) is 5.91 Å². The van der Waals surface area contributed by atoms with Crippen molar-refractivity contribution in [2.24, 2.45) is 0 Å². The summed E-state index contributed by atoms with van der Waals surface area (Å²) in [7, 11) is 0. The van der Waals surface area contributed by atoms with Crippen LogP contribution in [0.1, 0.15) is 12.0 Å². The van der Waals surface area contributed by atoms with Gasteiger partial charge in [-0.15, -0.1) is 0 Å². The van der Waals surface area contributed by atoms with Crippen LogP contribution in [0, 0.1) is 5.82 Å². The third-order valence-electron chi connectivity index (χ3n) is 4.33. The minimum absolute atomic E-state index is 0.215. The summed E-state index contributed by atoms with van der Waals surface area (Å²) in [5, 5.41) is 10.0. The molecule has 27 heavy (non-hydrogen) atoms. The van der Waals surface area contributed by atoms with E-state index in [1.807, 2.05) is 12.1 Å². The average Bonchev–Trinajstić information content (AvgIpc) is 2.85. The van der Waals surface area contributed by atoms with E-state index in [9.17, 15) is 19.1 Å². The first-order valence-electron chi connectivity index (χ1n) is 8.23. The highest BCUT2D eigenvalue weighted by molar-refractivity contribution is 7.80. The summed E-state index contributed by atoms with van der Waals surface area (Å²) >= 11 is 11.3. The van der Waals surface area contributed by atoms with Crippen molar-refractivity contribution in [3.05, 3.63) is 64.9 Å². The predicted molar refractivity (Wildman–Crippen MR) is 104 cm³/mol. The van der Waals surface area contributed by atoms with E-state index in [2.05, 4.69) is 0 Å². The molecule has 1 amide bonds. The molecule has 3 rings (SSSR count). The third-order valence-corrected chi connectivity index (χ3v) is 5.00. The van der Waals surface area contributed by atoms with Gasteiger partial charge in [-0.2, -0.15) is 0 Å². The maximum absolute atomic E-state index is 13.2. The fraction of sp³-hybridized carbons (Fsp3) is 0.211. The van der Waals surface area contributed by atoms with Gasteiger partial charge in [0.2, 0.25) is 0 Å². The van der Waals surface area contributed by atoms with E-state index in [0.29, 0.717) is 23.7 Å². The molecule has 1 N–H and O–H groups in total. The van der Waals surface area contributed by atoms with Crippen molar-refractivity contribution in [3.63, 3.8) is 0 Å². The molecule has 1 aliphatic rings. The van der Waals surface area contributed by atoms with E-state index >= 15 is 0 Å². The fourth-order valence-corrected chi connectivity index (χ4v) is 3.52. The molecular weight excluding hydrogens is 391 g/mol. The number of hydrogen-bond donors (Lipinski definition) is 1. The molecule has 0 spiro atoms. The highest BCUT2D eigenvalue weighted by Crippen LogP contribution is 2.27. The lowest BCUT2D eigenvalue weighted by Gasteiger charge is -2.23. The number of anilines is 1. The van der Waals surface area contributed by atoms with Crippen molar-refractivity contribution in [1.29, 1.82) is 0 Å². The Morgan fingerprint density at radius 1 is 1.15 bits per heavy atom. The summed E-state index contributed by atoms with van der Waals surface area (Å²) in [4.78, 5) is 27.0. The van der Waals surface area contributed by atoms with Crippen LogP contribution in [0.4, 0.5) is 10.1 Å². The van der Waals surface area contributed by atoms with Crippen molar-refractivity contribution in [3.8, 4) is 0 Å². The zero-order valence-corrected chi connectivity index (χ0v) is 15.7. The molecule has 1 aliphatic heterocycles. The number of benzene rings is 2. The number of carbonyl (C=O) groups is 2. The smallest absolute Gasteiger partial charge is 0.305 e. The third kappa shape index (κ3) is 4.26. The maximum atomic E-state index is 13.2. The topological polar surface area (TPSA) is 60.9 Å². The van der Waals surface area contributed by atoms with Gasteiger partial charge in [0, 0.05) is 11.6 Å². The predicted octanol–water partition coefficient (Wildman–Crippen LogP) is 3.50. The van der Waals surface area contributed by atoms with E-state index < -0.39 is 23.7 Å². The summed E-state index contributed by atoms with van der Waals surface area (Å²) in [6.07, 6.45) is 0.204. The maximum Gasteiger partial charge on any atom is 0.305 e. The number of carboxylic acid groups (broad SMARTS) is 1. The van der Waals surface area contributed by atoms with Gasteiger partial charge in [0.15, 0.2) is 5.11 Å². The van der Waals surface area contributed by atoms with E-state index in [-0.39, 0.29) is 11.5 Å². The SMILES string of the molecule is O=C(O)CC1C(=O)N(c2ccc(F)cc2)C(=S)N1CCc1ccc(Cl)cc1. The minimum Gasteiger partial charge on any atom is -0.481 e. The van der Waals surface area contributed by atoms with Crippen molar-refractivity contribution in [1.82, 2.24) is 4.90 Å². The van der Waals surface area contributed by atoms with Crippen LogP contribution in [-0.4, -0.2) is 39.6 Å². The Balaban J connectivity index is 1.84. The van der Waals surface area contributed by atoms with Gasteiger partial charge in [-0.05, 0) is 60.6 Å². The second kappa shape index (κ2) is 8.02. The molecule has 8 heteroatoms. The zero-order valence-electron chi connectivity index (χ0n) is 14.1. The fourth-order valence-electron chi connectivity index (χ4n) is 2.98. The monoisotopic (exact) mass is 406 g/mol. The van der Waals surface area contributed by atoms with E-state index in [4.69, 9.17) is 23.8 Å². The number of nitrogens with zero attached hydrogens (tertiary/aromatic N) is 2. The van der Waals surface area contributed by atoms with Gasteiger partial charge in [-0.3, -0.25) is 14.5 Å². The molecule has 0 aliphatic carbocycles. The average molecular weight is 407 g/mol. The van der Waals surface area contributed by atoms with Crippen LogP contribution in [0.3, 0.4) is 0 Å². The summed E-state index contributed by atoms with van der Waals surface area (Å²) in [6.45, 7) is 0.377. The molecule has 5 nitrogen and oxygen atoms in total. The second-order valence-corrected chi connectivity index (χ2v) is 6.92. The lowest BCUT2D eigenvalue weighted by molar-refractivity contribution is -0.139. The molecule has 1 saturated heterocycles. The number of hydrogen-bond acceptors (Lipinski definition) is 3. The Hall–Kier alpha value is -2.51. The standard InChI is InChI=1S/C19H16ClFN2O3S/c20-13-3-1-12(2-4-13)9-10-22-16(11-17(24)25)18(26)23(19(22)27)15-7-5-14(21)6-8-15/h1-8,16H,9-11H2,(H,24,25). The van der Waals surface area contributed by atoms with E-state index in [1.165, 1.54) is 29.2 Å². The Morgan fingerprint density at radius 2 is 1.78 bits per heavy atom. The van der Waals surface area contributed by atoms with Crippen LogP contribution in [0.5, 0.6) is 0 Å². The lowest BCUT2D eigenvalue weighted by Crippen LogP contribution is -2.38. The Labute approximate surface area is 166 Å². The Kier molecular flexibility index (Phi) is 5.72. The van der Waals surface area contributed by atoms with Gasteiger partial charge in [-0.1, -0.05) is 23.7 Å². The highest BCUT2D eigenvalue weighted by atomic mass is 35.5. The molecule has 1 atom stereocenters. The van der Waals surface area contributed by atoms with Gasteiger partial charge >= 0.3 is 5.97 Å². The van der Waals surface area contributed by atoms with Crippen LogP contribution < -0.4 is 4.90 Å². The van der Waals surface area contributed by atoms with Crippen LogP contribution >= 0.6 is 23.8 Å². The van der Waals surface area contributed by atoms with Crippen LogP contribution in [0.2, 0.25) is 5.02 Å². The number of halogens is 2. The first-order valence-corrected chi connectivity index (χ1v) is 9.02. The Bertz CT molecular complexity index is 874. The molecule has 1 unspecified atom stereocenters. The zero-order chi connectivity index (χ0) is 19.6. The van der Waals surface area contributed by atoms with Gasteiger partial charge in [0.1, 0.15) is 11.9 Å². The largest absolute Gasteiger partial charge is 0.481 e. The number of amides is 1. The number of thiocarbonyl (C=S) groups is 1. The first kappa shape index (κ1) is 19.3. The number of aliphatic carboxylic acids is 1. The van der Waals surface area contributed by atoms with Crippen LogP contribution in [0.25, 0.3) is 0 Å². The number of carboxylic acids is 1. The molecule has 0 bridgehead atoms. The molecule has 2 aromatic rings. The van der Waals surface area contributed by atoms with E-state index in [0.717, 1.165) is 5.56 Å². The molecule has 140 valence electrons. The van der Waals surface area contributed by atoms with E-state index in [1.54, 1.807) is 17.0 Å². The van der Waals surface area contributed by atoms with Crippen molar-refractivity contribution in [2.75, 3.05) is 11.4 Å². The highest BCUT2D eigenvalue weighted by Gasteiger charge is 2.43.